The zero-order valence-electron chi connectivity index (χ0n) is 14.7. The molecule has 0 aromatic carbocycles. The molecule has 0 spiro atoms. The van der Waals surface area contributed by atoms with Crippen molar-refractivity contribution in [2.45, 2.75) is 58.8 Å². The van der Waals surface area contributed by atoms with E-state index in [2.05, 4.69) is 13.2 Å². The molecular formula is C15H28O5Si2. The predicted octanol–water partition coefficient (Wildman–Crippen LogP) is 3.08. The Labute approximate surface area is 136 Å². The lowest BCUT2D eigenvalue weighted by molar-refractivity contribution is -0.200. The van der Waals surface area contributed by atoms with E-state index in [0.717, 1.165) is 0 Å². The lowest BCUT2D eigenvalue weighted by atomic mass is 10.3. The summed E-state index contributed by atoms with van der Waals surface area (Å²) in [4.78, 5) is 24.0. The van der Waals surface area contributed by atoms with Gasteiger partial charge in [-0.25, -0.2) is 9.59 Å². The van der Waals surface area contributed by atoms with Gasteiger partial charge in [-0.3, -0.25) is 0 Å². The van der Waals surface area contributed by atoms with Crippen LogP contribution in [0.3, 0.4) is 0 Å². The summed E-state index contributed by atoms with van der Waals surface area (Å²) in [7, 11) is -4.05. The van der Waals surface area contributed by atoms with E-state index in [-0.39, 0.29) is 11.1 Å². The highest BCUT2D eigenvalue weighted by molar-refractivity contribution is 6.77. The molecule has 0 saturated carbocycles. The standard InChI is InChI=1S/C15H28O5Si2/c1-10-15(18-13(16)11(2)3,19-14(17)12(4)5)21(6)20-22(7,8)9/h21H,2,4,10H2,1,3,5-9H3. The fraction of sp³-hybridized carbons (Fsp3) is 0.600. The molecule has 0 aromatic heterocycles. The Morgan fingerprint density at radius 2 is 1.41 bits per heavy atom. The van der Waals surface area contributed by atoms with Crippen molar-refractivity contribution < 1.29 is 23.2 Å². The normalized spacial score (nSPS) is 13.2. The number of rotatable bonds is 8. The van der Waals surface area contributed by atoms with Crippen LogP contribution in [0.4, 0.5) is 0 Å². The van der Waals surface area contributed by atoms with E-state index in [1.807, 2.05) is 26.2 Å². The molecule has 0 saturated heterocycles. The van der Waals surface area contributed by atoms with Crippen molar-refractivity contribution in [1.29, 1.82) is 0 Å². The highest BCUT2D eigenvalue weighted by Gasteiger charge is 2.46. The van der Waals surface area contributed by atoms with E-state index in [1.165, 1.54) is 0 Å². The van der Waals surface area contributed by atoms with E-state index < -0.39 is 34.7 Å². The Bertz CT molecular complexity index is 437. The van der Waals surface area contributed by atoms with E-state index >= 15 is 0 Å². The van der Waals surface area contributed by atoms with Gasteiger partial charge in [-0.15, -0.1) is 0 Å². The fourth-order valence-electron chi connectivity index (χ4n) is 1.73. The minimum Gasteiger partial charge on any atom is -0.453 e. The highest BCUT2D eigenvalue weighted by atomic mass is 28.4. The number of ether oxygens (including phenoxy) is 2. The van der Waals surface area contributed by atoms with Gasteiger partial charge in [0.15, 0.2) is 8.32 Å². The predicted molar refractivity (Wildman–Crippen MR) is 92.3 cm³/mol. The lowest BCUT2D eigenvalue weighted by Crippen LogP contribution is -2.55. The lowest BCUT2D eigenvalue weighted by Gasteiger charge is -2.38. The van der Waals surface area contributed by atoms with Crippen molar-refractivity contribution in [2.24, 2.45) is 0 Å². The van der Waals surface area contributed by atoms with Crippen molar-refractivity contribution in [3.63, 3.8) is 0 Å². The zero-order valence-corrected chi connectivity index (χ0v) is 16.9. The molecule has 0 aliphatic rings. The third-order valence-corrected chi connectivity index (χ3v) is 9.00. The molecule has 0 radical (unpaired) electrons. The van der Waals surface area contributed by atoms with Crippen LogP contribution in [0.15, 0.2) is 24.3 Å². The Balaban J connectivity index is 5.58. The Morgan fingerprint density at radius 1 is 1.05 bits per heavy atom. The first-order valence-electron chi connectivity index (χ1n) is 7.30. The van der Waals surface area contributed by atoms with Gasteiger partial charge in [0, 0.05) is 17.6 Å². The molecule has 0 fully saturated rings. The fourth-order valence-corrected chi connectivity index (χ4v) is 7.81. The molecule has 22 heavy (non-hydrogen) atoms. The molecule has 0 aliphatic carbocycles. The van der Waals surface area contributed by atoms with Crippen LogP contribution in [-0.2, 0) is 23.2 Å². The second-order valence-corrected chi connectivity index (χ2v) is 13.7. The van der Waals surface area contributed by atoms with Crippen molar-refractivity contribution in [2.75, 3.05) is 0 Å². The second kappa shape index (κ2) is 7.89. The summed E-state index contributed by atoms with van der Waals surface area (Å²) in [6.07, 6.45) is 0.322. The summed E-state index contributed by atoms with van der Waals surface area (Å²) in [5.41, 5.74) is -0.858. The molecule has 1 atom stereocenters. The first-order chi connectivity index (χ1) is 9.84. The van der Waals surface area contributed by atoms with Gasteiger partial charge >= 0.3 is 11.9 Å². The molecule has 0 rings (SSSR count). The molecule has 126 valence electrons. The molecule has 0 N–H and O–H groups in total. The number of esters is 2. The molecule has 0 aliphatic heterocycles. The quantitative estimate of drug-likeness (QED) is 0.293. The van der Waals surface area contributed by atoms with Gasteiger partial charge in [-0.2, -0.15) is 0 Å². The van der Waals surface area contributed by atoms with Crippen molar-refractivity contribution in [1.82, 2.24) is 0 Å². The molecular weight excluding hydrogens is 316 g/mol. The second-order valence-electron chi connectivity index (χ2n) is 6.38. The summed E-state index contributed by atoms with van der Waals surface area (Å²) in [5.74, 6) is -1.18. The summed E-state index contributed by atoms with van der Waals surface area (Å²) >= 11 is 0. The van der Waals surface area contributed by atoms with Crippen molar-refractivity contribution in [3.05, 3.63) is 24.3 Å². The van der Waals surface area contributed by atoms with E-state index in [1.54, 1.807) is 20.8 Å². The maximum atomic E-state index is 12.0. The van der Waals surface area contributed by atoms with Crippen LogP contribution >= 0.6 is 0 Å². The minimum atomic E-state index is -2.18. The van der Waals surface area contributed by atoms with Gasteiger partial charge in [0.05, 0.1) is 0 Å². The minimum absolute atomic E-state index is 0.249. The molecule has 0 amide bonds. The van der Waals surface area contributed by atoms with E-state index in [0.29, 0.717) is 6.42 Å². The SMILES string of the molecule is C=C(C)C(=O)OC(CC)(OC(=O)C(=C)C)[SiH](C)O[Si](C)(C)C. The Morgan fingerprint density at radius 3 is 1.64 bits per heavy atom. The van der Waals surface area contributed by atoms with E-state index in [9.17, 15) is 9.59 Å². The summed E-state index contributed by atoms with van der Waals surface area (Å²) in [6.45, 7) is 20.0. The molecule has 0 heterocycles. The van der Waals surface area contributed by atoms with Gasteiger partial charge < -0.3 is 13.6 Å². The monoisotopic (exact) mass is 344 g/mol. The van der Waals surface area contributed by atoms with Crippen molar-refractivity contribution >= 4 is 29.3 Å². The largest absolute Gasteiger partial charge is 0.453 e. The number of carbonyl (C=O) groups is 2. The average molecular weight is 345 g/mol. The maximum Gasteiger partial charge on any atom is 0.336 e. The van der Waals surface area contributed by atoms with Gasteiger partial charge in [0.2, 0.25) is 0 Å². The van der Waals surface area contributed by atoms with Crippen LogP contribution in [0, 0.1) is 0 Å². The van der Waals surface area contributed by atoms with Crippen LogP contribution in [0.1, 0.15) is 27.2 Å². The summed E-state index contributed by atoms with van der Waals surface area (Å²) < 4.78 is 17.1. The van der Waals surface area contributed by atoms with Crippen LogP contribution in [-0.4, -0.2) is 34.7 Å². The number of carbonyl (C=O) groups excluding carboxylic acids is 2. The zero-order chi connectivity index (χ0) is 17.7. The van der Waals surface area contributed by atoms with Gasteiger partial charge in [0.25, 0.3) is 14.5 Å². The Hall–Kier alpha value is -1.19. The van der Waals surface area contributed by atoms with Crippen LogP contribution < -0.4 is 0 Å². The maximum absolute atomic E-state index is 12.0. The van der Waals surface area contributed by atoms with Gasteiger partial charge in [-0.1, -0.05) is 20.1 Å². The number of hydrogen-bond acceptors (Lipinski definition) is 5. The smallest absolute Gasteiger partial charge is 0.336 e. The Kier molecular flexibility index (Phi) is 7.46. The average Bonchev–Trinajstić information content (AvgIpc) is 2.34. The van der Waals surface area contributed by atoms with Gasteiger partial charge in [-0.05, 0) is 40.0 Å². The third-order valence-electron chi connectivity index (χ3n) is 2.87. The van der Waals surface area contributed by atoms with Gasteiger partial charge in [0.1, 0.15) is 0 Å². The summed E-state index contributed by atoms with van der Waals surface area (Å²) in [5, 5.41) is 0. The van der Waals surface area contributed by atoms with Crippen LogP contribution in [0.25, 0.3) is 0 Å². The highest BCUT2D eigenvalue weighted by Crippen LogP contribution is 2.27. The van der Waals surface area contributed by atoms with E-state index in [4.69, 9.17) is 13.6 Å². The molecule has 7 heteroatoms. The topological polar surface area (TPSA) is 61.8 Å². The number of hydrogen-bond donors (Lipinski definition) is 0. The molecule has 0 bridgehead atoms. The first-order valence-corrected chi connectivity index (χ1v) is 12.9. The van der Waals surface area contributed by atoms with Crippen molar-refractivity contribution in [3.8, 4) is 0 Å². The molecule has 5 nitrogen and oxygen atoms in total. The third kappa shape index (κ3) is 6.29. The molecule has 1 unspecified atom stereocenters. The molecule has 0 aromatic rings. The summed E-state index contributed by atoms with van der Waals surface area (Å²) in [6, 6.07) is 0. The van der Waals surface area contributed by atoms with Crippen LogP contribution in [0.5, 0.6) is 0 Å². The first kappa shape index (κ1) is 20.8. The van der Waals surface area contributed by atoms with Crippen LogP contribution in [0.2, 0.25) is 26.2 Å².